The number of amides is 2. The fourth-order valence-electron chi connectivity index (χ4n) is 4.22. The molecule has 0 bridgehead atoms. The van der Waals surface area contributed by atoms with E-state index in [0.29, 0.717) is 31.8 Å². The molecule has 4 rings (SSSR count). The Morgan fingerprint density at radius 1 is 1.15 bits per heavy atom. The van der Waals surface area contributed by atoms with Crippen molar-refractivity contribution in [2.75, 3.05) is 13.1 Å². The molecule has 1 saturated carbocycles. The van der Waals surface area contributed by atoms with Crippen molar-refractivity contribution in [1.82, 2.24) is 9.91 Å². The van der Waals surface area contributed by atoms with Crippen molar-refractivity contribution in [2.45, 2.75) is 38.6 Å². The molecule has 7 nitrogen and oxygen atoms in total. The number of carboxylic acid groups (broad SMARTS) is 1. The van der Waals surface area contributed by atoms with Gasteiger partial charge in [0, 0.05) is 25.9 Å². The van der Waals surface area contributed by atoms with Crippen LogP contribution < -0.4 is 0 Å². The van der Waals surface area contributed by atoms with Crippen LogP contribution in [0.3, 0.4) is 0 Å². The third kappa shape index (κ3) is 3.46. The Morgan fingerprint density at radius 3 is 2.48 bits per heavy atom. The van der Waals surface area contributed by atoms with Crippen LogP contribution in [0, 0.1) is 11.3 Å². The van der Waals surface area contributed by atoms with Gasteiger partial charge in [-0.05, 0) is 30.2 Å². The fourth-order valence-corrected chi connectivity index (χ4v) is 4.22. The normalized spacial score (nSPS) is 23.9. The molecule has 7 heteroatoms. The van der Waals surface area contributed by atoms with Gasteiger partial charge in [0.05, 0.1) is 12.5 Å². The Bertz CT molecular complexity index is 797. The summed E-state index contributed by atoms with van der Waals surface area (Å²) in [6, 6.07) is 9.59. The number of carboxylic acids is 1. The third-order valence-corrected chi connectivity index (χ3v) is 6.06. The highest BCUT2D eigenvalue weighted by Crippen LogP contribution is 2.59. The molecular weight excluding hydrogens is 346 g/mol. The second-order valence-corrected chi connectivity index (χ2v) is 7.73. The molecule has 142 valence electrons. The van der Waals surface area contributed by atoms with Gasteiger partial charge in [-0.3, -0.25) is 14.4 Å². The first-order valence-electron chi connectivity index (χ1n) is 9.42. The molecular formula is C20H23N3O4. The molecule has 2 aliphatic heterocycles. The molecule has 3 aliphatic rings. The largest absolute Gasteiger partial charge is 0.481 e. The summed E-state index contributed by atoms with van der Waals surface area (Å²) in [5, 5.41) is 14.9. The minimum absolute atomic E-state index is 0.0738. The summed E-state index contributed by atoms with van der Waals surface area (Å²) >= 11 is 0. The lowest BCUT2D eigenvalue weighted by Gasteiger charge is -2.34. The quantitative estimate of drug-likeness (QED) is 0.877. The molecule has 1 N–H and O–H groups in total. The number of carbonyl (C=O) groups excluding carboxylic acids is 2. The van der Waals surface area contributed by atoms with Crippen LogP contribution in [0.4, 0.5) is 0 Å². The van der Waals surface area contributed by atoms with Gasteiger partial charge in [0.1, 0.15) is 5.71 Å². The van der Waals surface area contributed by atoms with Crippen LogP contribution in [-0.4, -0.2) is 51.6 Å². The van der Waals surface area contributed by atoms with E-state index in [0.717, 1.165) is 24.8 Å². The predicted molar refractivity (Wildman–Crippen MR) is 97.7 cm³/mol. The van der Waals surface area contributed by atoms with Crippen molar-refractivity contribution >= 4 is 23.5 Å². The van der Waals surface area contributed by atoms with Gasteiger partial charge in [0.15, 0.2) is 0 Å². The highest BCUT2D eigenvalue weighted by atomic mass is 16.4. The van der Waals surface area contributed by atoms with Crippen LogP contribution in [0.25, 0.3) is 0 Å². The van der Waals surface area contributed by atoms with Crippen LogP contribution >= 0.6 is 0 Å². The van der Waals surface area contributed by atoms with E-state index in [1.54, 1.807) is 4.90 Å². The monoisotopic (exact) mass is 369 g/mol. The van der Waals surface area contributed by atoms with Crippen molar-refractivity contribution in [3.63, 3.8) is 0 Å². The number of carbonyl (C=O) groups is 3. The van der Waals surface area contributed by atoms with Gasteiger partial charge in [-0.25, -0.2) is 5.01 Å². The molecule has 2 amide bonds. The lowest BCUT2D eigenvalue weighted by atomic mass is 9.90. The second-order valence-electron chi connectivity index (χ2n) is 7.73. The molecule has 1 saturated heterocycles. The van der Waals surface area contributed by atoms with E-state index in [4.69, 9.17) is 0 Å². The summed E-state index contributed by atoms with van der Waals surface area (Å²) in [6.07, 6.45) is 2.84. The zero-order chi connectivity index (χ0) is 19.0. The van der Waals surface area contributed by atoms with Crippen LogP contribution in [0.5, 0.6) is 0 Å². The highest BCUT2D eigenvalue weighted by Gasteiger charge is 2.59. The van der Waals surface area contributed by atoms with E-state index in [9.17, 15) is 19.5 Å². The van der Waals surface area contributed by atoms with Gasteiger partial charge in [-0.1, -0.05) is 30.3 Å². The van der Waals surface area contributed by atoms with Crippen LogP contribution in [0.1, 0.15) is 37.7 Å². The Morgan fingerprint density at radius 2 is 1.85 bits per heavy atom. The number of hydrogen-bond acceptors (Lipinski definition) is 4. The summed E-state index contributed by atoms with van der Waals surface area (Å²) in [7, 11) is 0. The Hall–Kier alpha value is -2.70. The highest BCUT2D eigenvalue weighted by molar-refractivity contribution is 6.39. The Balaban J connectivity index is 1.40. The number of benzene rings is 1. The summed E-state index contributed by atoms with van der Waals surface area (Å²) in [5.41, 5.74) is 1.29. The number of nitrogens with zero attached hydrogens (tertiary/aromatic N) is 3. The van der Waals surface area contributed by atoms with Crippen molar-refractivity contribution in [2.24, 2.45) is 16.4 Å². The van der Waals surface area contributed by atoms with Gasteiger partial charge in [0.25, 0.3) is 5.91 Å². The number of hydrazone groups is 1. The number of piperidine rings is 1. The molecule has 1 spiro atoms. The average molecular weight is 369 g/mol. The molecule has 0 aromatic heterocycles. The smallest absolute Gasteiger partial charge is 0.307 e. The maximum Gasteiger partial charge on any atom is 0.307 e. The first-order valence-corrected chi connectivity index (χ1v) is 9.42. The van der Waals surface area contributed by atoms with E-state index in [1.807, 2.05) is 30.3 Å². The van der Waals surface area contributed by atoms with Crippen LogP contribution in [0.15, 0.2) is 35.4 Å². The molecule has 0 radical (unpaired) electrons. The van der Waals surface area contributed by atoms with E-state index in [-0.39, 0.29) is 29.6 Å². The minimum atomic E-state index is -0.721. The predicted octanol–water partition coefficient (Wildman–Crippen LogP) is 1.88. The first kappa shape index (κ1) is 17.7. The van der Waals surface area contributed by atoms with Gasteiger partial charge in [0.2, 0.25) is 5.91 Å². The van der Waals surface area contributed by atoms with E-state index in [2.05, 4.69) is 5.10 Å². The number of likely N-dealkylation sites (tertiary alicyclic amines) is 1. The Labute approximate surface area is 157 Å². The maximum absolute atomic E-state index is 12.8. The zero-order valence-electron chi connectivity index (χ0n) is 15.1. The lowest BCUT2D eigenvalue weighted by Crippen LogP contribution is -2.45. The minimum Gasteiger partial charge on any atom is -0.481 e. The van der Waals surface area contributed by atoms with E-state index in [1.165, 1.54) is 5.01 Å². The molecule has 1 unspecified atom stereocenters. The summed E-state index contributed by atoms with van der Waals surface area (Å²) in [6.45, 7) is 1.49. The molecule has 1 atom stereocenters. The van der Waals surface area contributed by atoms with Gasteiger partial charge in [-0.15, -0.1) is 0 Å². The van der Waals surface area contributed by atoms with Crippen LogP contribution in [0.2, 0.25) is 0 Å². The summed E-state index contributed by atoms with van der Waals surface area (Å²) < 4.78 is 0. The molecule has 2 heterocycles. The average Bonchev–Trinajstić information content (AvgIpc) is 3.38. The third-order valence-electron chi connectivity index (χ3n) is 6.06. The molecule has 1 aromatic rings. The van der Waals surface area contributed by atoms with Crippen molar-refractivity contribution < 1.29 is 19.5 Å². The first-order chi connectivity index (χ1) is 13.0. The van der Waals surface area contributed by atoms with Crippen LogP contribution in [-0.2, 0) is 20.9 Å². The van der Waals surface area contributed by atoms with Gasteiger partial charge >= 0.3 is 5.97 Å². The summed E-state index contributed by atoms with van der Waals surface area (Å²) in [5.74, 6) is -1.17. The van der Waals surface area contributed by atoms with E-state index < -0.39 is 5.97 Å². The van der Waals surface area contributed by atoms with Crippen molar-refractivity contribution in [3.8, 4) is 0 Å². The number of hydrogen-bond donors (Lipinski definition) is 1. The molecule has 1 aromatic carbocycles. The molecule has 1 aliphatic carbocycles. The van der Waals surface area contributed by atoms with Crippen molar-refractivity contribution in [3.05, 3.63) is 35.9 Å². The van der Waals surface area contributed by atoms with Gasteiger partial charge in [-0.2, -0.15) is 5.10 Å². The zero-order valence-corrected chi connectivity index (χ0v) is 15.1. The SMILES string of the molecule is O=C(O)C1CC12CCN(C(=O)C1=NN(Cc3ccccc3)C(=O)CC1)CC2. The van der Waals surface area contributed by atoms with Crippen molar-refractivity contribution in [1.29, 1.82) is 0 Å². The summed E-state index contributed by atoms with van der Waals surface area (Å²) in [4.78, 5) is 38.0. The number of rotatable bonds is 4. The topological polar surface area (TPSA) is 90.3 Å². The maximum atomic E-state index is 12.8. The standard InChI is InChI=1S/C20H23N3O4/c24-17-7-6-16(21-23(17)13-14-4-2-1-3-5-14)18(25)22-10-8-20(9-11-22)12-15(20)19(26)27/h1-5,15H,6-13H2,(H,26,27). The molecule has 27 heavy (non-hydrogen) atoms. The lowest BCUT2D eigenvalue weighted by molar-refractivity contribution is -0.139. The fraction of sp³-hybridized carbons (Fsp3) is 0.500. The molecule has 2 fully saturated rings. The number of aliphatic carboxylic acids is 1. The van der Waals surface area contributed by atoms with Gasteiger partial charge < -0.3 is 10.0 Å². The second kappa shape index (κ2) is 6.79. The Kier molecular flexibility index (Phi) is 4.45. The van der Waals surface area contributed by atoms with E-state index >= 15 is 0 Å².